The van der Waals surface area contributed by atoms with Crippen molar-refractivity contribution in [2.45, 2.75) is 202 Å². The summed E-state index contributed by atoms with van der Waals surface area (Å²) in [6.45, 7) is 22.9. The summed E-state index contributed by atoms with van der Waals surface area (Å²) >= 11 is 0. The summed E-state index contributed by atoms with van der Waals surface area (Å²) in [7, 11) is 0. The maximum absolute atomic E-state index is 9.88. The molecule has 1 heterocycles. The minimum Gasteiger partial charge on any atom is -0.393 e. The summed E-state index contributed by atoms with van der Waals surface area (Å²) in [6.07, 6.45) is 19.3. The van der Waals surface area contributed by atoms with Crippen molar-refractivity contribution in [3.8, 4) is 0 Å². The van der Waals surface area contributed by atoms with Gasteiger partial charge in [-0.15, -0.1) is 0 Å². The molecule has 7 nitrogen and oxygen atoms in total. The van der Waals surface area contributed by atoms with Crippen LogP contribution in [0.5, 0.6) is 0 Å². The zero-order valence-corrected chi connectivity index (χ0v) is 34.0. The molecule has 0 amide bonds. The molecule has 0 aromatic carbocycles. The predicted octanol–water partition coefficient (Wildman–Crippen LogP) is 9.33. The summed E-state index contributed by atoms with van der Waals surface area (Å²) in [5, 5.41) is 29.3. The molecule has 5 rings (SSSR count). The van der Waals surface area contributed by atoms with Crippen LogP contribution in [-0.2, 0) is 18.9 Å². The van der Waals surface area contributed by atoms with Gasteiger partial charge in [0, 0.05) is 6.61 Å². The van der Waals surface area contributed by atoms with Crippen LogP contribution in [0.3, 0.4) is 0 Å². The zero-order chi connectivity index (χ0) is 36.9. The molecule has 0 spiro atoms. The number of ether oxygens (including phenoxy) is 4. The molecule has 2 atom stereocenters. The Morgan fingerprint density at radius 1 is 0.600 bits per heavy atom. The molecule has 7 heteroatoms. The van der Waals surface area contributed by atoms with Gasteiger partial charge in [0.1, 0.15) is 6.79 Å². The van der Waals surface area contributed by atoms with E-state index in [2.05, 4.69) is 41.5 Å². The molecule has 0 aromatic heterocycles. The highest BCUT2D eigenvalue weighted by Gasteiger charge is 2.42. The Morgan fingerprint density at radius 3 is 1.26 bits per heavy atom. The van der Waals surface area contributed by atoms with Crippen LogP contribution in [0, 0.1) is 46.3 Å². The monoisotopic (exact) mass is 711 g/mol. The summed E-state index contributed by atoms with van der Waals surface area (Å²) in [5.41, 5.74) is 0.785. The van der Waals surface area contributed by atoms with Crippen LogP contribution in [0.25, 0.3) is 0 Å². The van der Waals surface area contributed by atoms with E-state index in [0.717, 1.165) is 81.3 Å². The lowest BCUT2D eigenvalue weighted by atomic mass is 9.60. The van der Waals surface area contributed by atoms with Gasteiger partial charge in [-0.1, -0.05) is 55.4 Å². The van der Waals surface area contributed by atoms with Crippen molar-refractivity contribution in [3.63, 3.8) is 0 Å². The maximum atomic E-state index is 9.88. The number of hydrogen-bond donors (Lipinski definition) is 3. The number of hydrogen-bond acceptors (Lipinski definition) is 7. The van der Waals surface area contributed by atoms with Gasteiger partial charge >= 0.3 is 0 Å². The molecule has 1 aliphatic heterocycles. The van der Waals surface area contributed by atoms with Gasteiger partial charge in [0.2, 0.25) is 0 Å². The van der Waals surface area contributed by atoms with Crippen LogP contribution < -0.4 is 0 Å². The summed E-state index contributed by atoms with van der Waals surface area (Å²) in [4.78, 5) is 0. The topological polar surface area (TPSA) is 101 Å². The number of epoxide rings is 1. The quantitative estimate of drug-likeness (QED) is 0.0995. The van der Waals surface area contributed by atoms with Crippen molar-refractivity contribution in [3.05, 3.63) is 0 Å². The van der Waals surface area contributed by atoms with Gasteiger partial charge in [0.15, 0.2) is 0 Å². The van der Waals surface area contributed by atoms with Crippen molar-refractivity contribution >= 4 is 0 Å². The van der Waals surface area contributed by atoms with Crippen LogP contribution in [-0.4, -0.2) is 78.6 Å². The average Bonchev–Trinajstić information content (AvgIpc) is 3.95. The molecule has 2 unspecified atom stereocenters. The van der Waals surface area contributed by atoms with Crippen molar-refractivity contribution in [1.82, 2.24) is 0 Å². The van der Waals surface area contributed by atoms with E-state index in [4.69, 9.17) is 18.9 Å². The molecule has 5 fully saturated rings. The fraction of sp³-hybridized carbons (Fsp3) is 1.00. The molecule has 0 bridgehead atoms. The molecule has 4 saturated carbocycles. The standard InChI is InChI=1S/C20H38O3.C18H34O3.C5H10O/c1-14(2)19(22)13-23-18-11-7-16(8-12-18)20(3,4)15-5-9-17(21)10-6-15;1-4-20-13-21-17-11-7-15(8-12-17)18(2,3)14-5-9-16(19)10-6-14;1-4(2)5-3-6-5/h14-19,21-22H,5-13H2,1-4H3;14-17,19H,4-13H2,1-3H3;4-5H,3H2,1-2H3. The second kappa shape index (κ2) is 21.6. The van der Waals surface area contributed by atoms with Gasteiger partial charge < -0.3 is 34.3 Å². The van der Waals surface area contributed by atoms with Gasteiger partial charge in [-0.25, -0.2) is 0 Å². The largest absolute Gasteiger partial charge is 0.393 e. The average molecular weight is 711 g/mol. The smallest absolute Gasteiger partial charge is 0.147 e. The molecule has 296 valence electrons. The van der Waals surface area contributed by atoms with Crippen molar-refractivity contribution in [2.75, 3.05) is 26.6 Å². The fourth-order valence-corrected chi connectivity index (χ4v) is 9.35. The lowest BCUT2D eigenvalue weighted by Gasteiger charge is -2.46. The van der Waals surface area contributed by atoms with Crippen molar-refractivity contribution in [1.29, 1.82) is 0 Å². The first-order valence-corrected chi connectivity index (χ1v) is 21.1. The fourth-order valence-electron chi connectivity index (χ4n) is 9.35. The number of rotatable bonds is 13. The molecule has 0 radical (unpaired) electrons. The van der Waals surface area contributed by atoms with E-state index in [9.17, 15) is 15.3 Å². The van der Waals surface area contributed by atoms with Crippen LogP contribution in [0.15, 0.2) is 0 Å². The van der Waals surface area contributed by atoms with Crippen LogP contribution in [0.4, 0.5) is 0 Å². The lowest BCUT2D eigenvalue weighted by molar-refractivity contribution is -0.105. The normalized spacial score (nSPS) is 34.3. The van der Waals surface area contributed by atoms with E-state index >= 15 is 0 Å². The summed E-state index contributed by atoms with van der Waals surface area (Å²) in [5.74, 6) is 4.14. The van der Waals surface area contributed by atoms with Gasteiger partial charge in [-0.05, 0) is 156 Å². The SMILES string of the molecule is CC(C)C(O)COC1CCC(C(C)(C)C2CCC(O)CC2)CC1.CC(C)C1CO1.CCOCOC1CCC(C(C)(C)C2CCC(O)CC2)CC1. The molecule has 1 saturated heterocycles. The highest BCUT2D eigenvalue weighted by atomic mass is 16.7. The summed E-state index contributed by atoms with van der Waals surface area (Å²) < 4.78 is 22.0. The highest BCUT2D eigenvalue weighted by molar-refractivity contribution is 4.92. The third kappa shape index (κ3) is 14.5. The van der Waals surface area contributed by atoms with E-state index in [-0.39, 0.29) is 24.2 Å². The molecule has 4 aliphatic carbocycles. The Morgan fingerprint density at radius 2 is 0.960 bits per heavy atom. The first-order chi connectivity index (χ1) is 23.6. The second-order valence-electron chi connectivity index (χ2n) is 18.6. The van der Waals surface area contributed by atoms with Crippen LogP contribution in [0.2, 0.25) is 0 Å². The Labute approximate surface area is 308 Å². The Hall–Kier alpha value is -0.280. The molecular weight excluding hydrogens is 628 g/mol. The van der Waals surface area contributed by atoms with E-state index in [1.165, 1.54) is 64.2 Å². The zero-order valence-electron chi connectivity index (χ0n) is 34.0. The molecule has 0 aromatic rings. The van der Waals surface area contributed by atoms with Crippen LogP contribution >= 0.6 is 0 Å². The van der Waals surface area contributed by atoms with Crippen molar-refractivity contribution < 1.29 is 34.3 Å². The molecule has 5 aliphatic rings. The molecule has 50 heavy (non-hydrogen) atoms. The molecular formula is C43H82O7. The highest BCUT2D eigenvalue weighted by Crippen LogP contribution is 2.50. The van der Waals surface area contributed by atoms with Gasteiger partial charge in [0.25, 0.3) is 0 Å². The predicted molar refractivity (Wildman–Crippen MR) is 204 cm³/mol. The third-order valence-electron chi connectivity index (χ3n) is 13.9. The Balaban J connectivity index is 0.000000232. The van der Waals surface area contributed by atoms with Crippen LogP contribution in [0.1, 0.15) is 165 Å². The number of aliphatic hydroxyl groups is 3. The van der Waals surface area contributed by atoms with Gasteiger partial charge in [0.05, 0.1) is 49.8 Å². The maximum Gasteiger partial charge on any atom is 0.147 e. The number of aliphatic hydroxyl groups excluding tert-OH is 3. The van der Waals surface area contributed by atoms with E-state index < -0.39 is 0 Å². The van der Waals surface area contributed by atoms with E-state index in [0.29, 0.717) is 42.5 Å². The second-order valence-corrected chi connectivity index (χ2v) is 18.6. The first kappa shape index (κ1) is 44.1. The minimum atomic E-state index is -0.335. The molecule has 3 N–H and O–H groups in total. The van der Waals surface area contributed by atoms with Gasteiger partial charge in [-0.3, -0.25) is 0 Å². The Bertz CT molecular complexity index is 870. The Kier molecular flexibility index (Phi) is 19.0. The lowest BCUT2D eigenvalue weighted by Crippen LogP contribution is -2.39. The minimum absolute atomic E-state index is 0.0419. The summed E-state index contributed by atoms with van der Waals surface area (Å²) in [6, 6.07) is 0. The first-order valence-electron chi connectivity index (χ1n) is 21.1. The van der Waals surface area contributed by atoms with Crippen molar-refractivity contribution in [2.24, 2.45) is 46.3 Å². The van der Waals surface area contributed by atoms with E-state index in [1.54, 1.807) is 0 Å². The van der Waals surface area contributed by atoms with E-state index in [1.807, 2.05) is 20.8 Å². The van der Waals surface area contributed by atoms with Gasteiger partial charge in [-0.2, -0.15) is 0 Å². The third-order valence-corrected chi connectivity index (χ3v) is 13.9.